The molecule has 1 aromatic heterocycles. The molecule has 4 nitrogen and oxygen atoms in total. The van der Waals surface area contributed by atoms with Gasteiger partial charge in [0.15, 0.2) is 0 Å². The molecule has 2 heterocycles. The molecule has 0 aliphatic carbocycles. The normalized spacial score (nSPS) is 23.9. The monoisotopic (exact) mass is 276 g/mol. The lowest BCUT2D eigenvalue weighted by atomic mass is 9.93. The topological polar surface area (TPSA) is 41.1 Å². The van der Waals surface area contributed by atoms with Gasteiger partial charge in [-0.05, 0) is 46.5 Å². The van der Waals surface area contributed by atoms with Crippen LogP contribution >= 0.6 is 0 Å². The van der Waals surface area contributed by atoms with Crippen LogP contribution in [0.2, 0.25) is 0 Å². The summed E-state index contributed by atoms with van der Waals surface area (Å²) in [7, 11) is 0. The Morgan fingerprint density at radius 1 is 1.30 bits per heavy atom. The molecule has 112 valence electrons. The molecule has 1 N–H and O–H groups in total. The van der Waals surface area contributed by atoms with E-state index in [1.165, 1.54) is 12.8 Å². The fourth-order valence-corrected chi connectivity index (χ4v) is 2.72. The van der Waals surface area contributed by atoms with Gasteiger partial charge in [0.05, 0.1) is 11.9 Å². The largest absolute Gasteiger partial charge is 0.353 e. The summed E-state index contributed by atoms with van der Waals surface area (Å²) in [5, 5.41) is 3.47. The molecule has 1 aliphatic heterocycles. The SMILES string of the molecule is CC1CCN(c2cncc(CNC(C)(C)C)n2)C(C)C1. The Balaban J connectivity index is 2.05. The number of anilines is 1. The molecule has 2 rings (SSSR count). The lowest BCUT2D eigenvalue weighted by Crippen LogP contribution is -2.41. The van der Waals surface area contributed by atoms with E-state index in [4.69, 9.17) is 4.98 Å². The van der Waals surface area contributed by atoms with Gasteiger partial charge in [0, 0.05) is 30.9 Å². The Bertz CT molecular complexity index is 438. The molecule has 1 aromatic rings. The predicted molar refractivity (Wildman–Crippen MR) is 83.8 cm³/mol. The van der Waals surface area contributed by atoms with Crippen molar-refractivity contribution in [3.63, 3.8) is 0 Å². The van der Waals surface area contributed by atoms with Crippen LogP contribution in [0.25, 0.3) is 0 Å². The third-order valence-electron chi connectivity index (χ3n) is 3.90. The number of aromatic nitrogens is 2. The van der Waals surface area contributed by atoms with E-state index in [1.807, 2.05) is 12.4 Å². The van der Waals surface area contributed by atoms with Gasteiger partial charge in [0.1, 0.15) is 5.82 Å². The second kappa shape index (κ2) is 6.08. The summed E-state index contributed by atoms with van der Waals surface area (Å²) in [6.45, 7) is 13.0. The Hall–Kier alpha value is -1.16. The van der Waals surface area contributed by atoms with E-state index in [0.29, 0.717) is 6.04 Å². The molecule has 0 radical (unpaired) electrons. The molecule has 4 heteroatoms. The van der Waals surface area contributed by atoms with Crippen LogP contribution in [0.3, 0.4) is 0 Å². The maximum atomic E-state index is 4.78. The molecule has 2 atom stereocenters. The van der Waals surface area contributed by atoms with Gasteiger partial charge in [-0.2, -0.15) is 0 Å². The zero-order valence-corrected chi connectivity index (χ0v) is 13.5. The van der Waals surface area contributed by atoms with Crippen LogP contribution in [-0.4, -0.2) is 28.1 Å². The Morgan fingerprint density at radius 2 is 2.05 bits per heavy atom. The molecule has 0 amide bonds. The lowest BCUT2D eigenvalue weighted by molar-refractivity contribution is 0.375. The number of nitrogens with zero attached hydrogens (tertiary/aromatic N) is 3. The molecule has 0 bridgehead atoms. The summed E-state index contributed by atoms with van der Waals surface area (Å²) in [5.74, 6) is 1.84. The second-order valence-electron chi connectivity index (χ2n) is 7.14. The van der Waals surface area contributed by atoms with Gasteiger partial charge in [-0.15, -0.1) is 0 Å². The minimum Gasteiger partial charge on any atom is -0.353 e. The van der Waals surface area contributed by atoms with E-state index in [9.17, 15) is 0 Å². The zero-order valence-electron chi connectivity index (χ0n) is 13.5. The first kappa shape index (κ1) is 15.2. The molecule has 0 aromatic carbocycles. The first-order valence-electron chi connectivity index (χ1n) is 7.68. The van der Waals surface area contributed by atoms with Gasteiger partial charge in [-0.3, -0.25) is 4.98 Å². The number of piperidine rings is 1. The average molecular weight is 276 g/mol. The lowest BCUT2D eigenvalue weighted by Gasteiger charge is -2.37. The van der Waals surface area contributed by atoms with Crippen molar-refractivity contribution >= 4 is 5.82 Å². The fourth-order valence-electron chi connectivity index (χ4n) is 2.72. The zero-order chi connectivity index (χ0) is 14.8. The highest BCUT2D eigenvalue weighted by atomic mass is 15.2. The van der Waals surface area contributed by atoms with Crippen molar-refractivity contribution in [2.24, 2.45) is 5.92 Å². The standard InChI is InChI=1S/C16H28N4/c1-12-6-7-20(13(2)8-12)15-11-17-9-14(19-15)10-18-16(3,4)5/h9,11-13,18H,6-8,10H2,1-5H3. The van der Waals surface area contributed by atoms with E-state index in [1.54, 1.807) is 0 Å². The molecular weight excluding hydrogens is 248 g/mol. The first-order chi connectivity index (χ1) is 9.35. The van der Waals surface area contributed by atoms with E-state index in [-0.39, 0.29) is 5.54 Å². The van der Waals surface area contributed by atoms with Crippen molar-refractivity contribution in [3.05, 3.63) is 18.1 Å². The van der Waals surface area contributed by atoms with Gasteiger partial charge in [-0.1, -0.05) is 6.92 Å². The van der Waals surface area contributed by atoms with Gasteiger partial charge in [0.2, 0.25) is 0 Å². The first-order valence-corrected chi connectivity index (χ1v) is 7.68. The Morgan fingerprint density at radius 3 is 2.70 bits per heavy atom. The summed E-state index contributed by atoms with van der Waals surface area (Å²) >= 11 is 0. The maximum Gasteiger partial charge on any atom is 0.147 e. The number of hydrogen-bond donors (Lipinski definition) is 1. The predicted octanol–water partition coefficient (Wildman–Crippen LogP) is 2.99. The van der Waals surface area contributed by atoms with E-state index < -0.39 is 0 Å². The molecule has 20 heavy (non-hydrogen) atoms. The third kappa shape index (κ3) is 4.17. The average Bonchev–Trinajstić information content (AvgIpc) is 2.36. The van der Waals surface area contributed by atoms with Crippen LogP contribution in [0.15, 0.2) is 12.4 Å². The second-order valence-corrected chi connectivity index (χ2v) is 7.14. The van der Waals surface area contributed by atoms with Gasteiger partial charge in [-0.25, -0.2) is 4.98 Å². The Labute approximate surface area is 123 Å². The van der Waals surface area contributed by atoms with E-state index >= 15 is 0 Å². The van der Waals surface area contributed by atoms with Crippen molar-refractivity contribution in [1.29, 1.82) is 0 Å². The highest BCUT2D eigenvalue weighted by molar-refractivity contribution is 5.38. The van der Waals surface area contributed by atoms with Crippen LogP contribution in [-0.2, 0) is 6.54 Å². The van der Waals surface area contributed by atoms with Crippen molar-refractivity contribution in [3.8, 4) is 0 Å². The number of rotatable bonds is 3. The molecule has 1 saturated heterocycles. The fraction of sp³-hybridized carbons (Fsp3) is 0.750. The minimum atomic E-state index is 0.103. The molecule has 0 saturated carbocycles. The van der Waals surface area contributed by atoms with Crippen molar-refractivity contribution in [1.82, 2.24) is 15.3 Å². The molecule has 1 aliphatic rings. The number of nitrogens with one attached hydrogen (secondary N) is 1. The summed E-state index contributed by atoms with van der Waals surface area (Å²) in [5.41, 5.74) is 1.12. The van der Waals surface area contributed by atoms with Crippen molar-refractivity contribution in [2.45, 2.75) is 65.6 Å². The van der Waals surface area contributed by atoms with Crippen molar-refractivity contribution in [2.75, 3.05) is 11.4 Å². The molecule has 2 unspecified atom stereocenters. The van der Waals surface area contributed by atoms with Crippen LogP contribution in [0.1, 0.15) is 53.2 Å². The van der Waals surface area contributed by atoms with Crippen LogP contribution < -0.4 is 10.2 Å². The van der Waals surface area contributed by atoms with Crippen LogP contribution in [0.4, 0.5) is 5.82 Å². The summed E-state index contributed by atoms with van der Waals surface area (Å²) < 4.78 is 0. The van der Waals surface area contributed by atoms with E-state index in [0.717, 1.165) is 30.5 Å². The summed E-state index contributed by atoms with van der Waals surface area (Å²) in [6.07, 6.45) is 6.25. The number of hydrogen-bond acceptors (Lipinski definition) is 4. The highest BCUT2D eigenvalue weighted by Crippen LogP contribution is 2.26. The molecular formula is C16H28N4. The Kier molecular flexibility index (Phi) is 4.63. The van der Waals surface area contributed by atoms with Crippen molar-refractivity contribution < 1.29 is 0 Å². The smallest absolute Gasteiger partial charge is 0.147 e. The summed E-state index contributed by atoms with van der Waals surface area (Å²) in [4.78, 5) is 11.5. The third-order valence-corrected chi connectivity index (χ3v) is 3.90. The minimum absolute atomic E-state index is 0.103. The summed E-state index contributed by atoms with van der Waals surface area (Å²) in [6, 6.07) is 0.555. The molecule has 1 fully saturated rings. The highest BCUT2D eigenvalue weighted by Gasteiger charge is 2.24. The van der Waals surface area contributed by atoms with Gasteiger partial charge >= 0.3 is 0 Å². The maximum absolute atomic E-state index is 4.78. The molecule has 0 spiro atoms. The van der Waals surface area contributed by atoms with Crippen LogP contribution in [0.5, 0.6) is 0 Å². The van der Waals surface area contributed by atoms with E-state index in [2.05, 4.69) is 49.8 Å². The van der Waals surface area contributed by atoms with Gasteiger partial charge in [0.25, 0.3) is 0 Å². The van der Waals surface area contributed by atoms with Gasteiger partial charge < -0.3 is 10.2 Å². The quantitative estimate of drug-likeness (QED) is 0.921. The van der Waals surface area contributed by atoms with Crippen LogP contribution in [0, 0.1) is 5.92 Å².